The second-order valence-electron chi connectivity index (χ2n) is 11.2. The SMILES string of the molecule is CC1(C)C[C@H](Cc2c(Cl)cncc2Cl)N(C(=O)c2cnn([C@H]3CC[C@](C)(C(=O)O)CC3)c2C(F)(F)F)C1. The molecule has 37 heavy (non-hydrogen) atoms. The van der Waals surface area contributed by atoms with E-state index < -0.39 is 46.8 Å². The van der Waals surface area contributed by atoms with Gasteiger partial charge in [0.15, 0.2) is 5.69 Å². The fourth-order valence-corrected chi connectivity index (χ4v) is 6.14. The third-order valence-corrected chi connectivity index (χ3v) is 8.35. The van der Waals surface area contributed by atoms with Crippen LogP contribution in [0, 0.1) is 10.8 Å². The topological polar surface area (TPSA) is 88.3 Å². The Balaban J connectivity index is 1.66. The number of alkyl halides is 3. The first-order valence-electron chi connectivity index (χ1n) is 12.1. The number of carbonyl (C=O) groups excluding carboxylic acids is 1. The van der Waals surface area contributed by atoms with E-state index in [1.54, 1.807) is 6.92 Å². The van der Waals surface area contributed by atoms with Crippen LogP contribution in [0.25, 0.3) is 0 Å². The van der Waals surface area contributed by atoms with Gasteiger partial charge in [-0.05, 0) is 56.4 Å². The highest BCUT2D eigenvalue weighted by atomic mass is 35.5. The number of pyridine rings is 1. The first-order valence-corrected chi connectivity index (χ1v) is 12.9. The van der Waals surface area contributed by atoms with Gasteiger partial charge in [-0.1, -0.05) is 37.0 Å². The zero-order valence-electron chi connectivity index (χ0n) is 20.8. The molecule has 1 amide bonds. The summed E-state index contributed by atoms with van der Waals surface area (Å²) in [5.41, 5.74) is -2.32. The van der Waals surface area contributed by atoms with Gasteiger partial charge in [0, 0.05) is 25.0 Å². The van der Waals surface area contributed by atoms with Gasteiger partial charge in [0.25, 0.3) is 5.91 Å². The molecule has 1 N–H and O–H groups in total. The predicted molar refractivity (Wildman–Crippen MR) is 132 cm³/mol. The lowest BCUT2D eigenvalue weighted by atomic mass is 9.74. The van der Waals surface area contributed by atoms with Crippen LogP contribution in [0.1, 0.15) is 80.5 Å². The average molecular weight is 561 g/mol. The van der Waals surface area contributed by atoms with Gasteiger partial charge in [0.2, 0.25) is 0 Å². The summed E-state index contributed by atoms with van der Waals surface area (Å²) in [6.07, 6.45) is 0.787. The molecule has 4 rings (SSSR count). The molecule has 12 heteroatoms. The van der Waals surface area contributed by atoms with Gasteiger partial charge in [-0.3, -0.25) is 19.3 Å². The normalized spacial score (nSPS) is 25.9. The number of halogens is 5. The Morgan fingerprint density at radius 3 is 2.24 bits per heavy atom. The molecule has 1 aliphatic heterocycles. The highest BCUT2D eigenvalue weighted by Crippen LogP contribution is 2.44. The van der Waals surface area contributed by atoms with Gasteiger partial charge < -0.3 is 10.0 Å². The second kappa shape index (κ2) is 9.76. The number of nitrogens with zero attached hydrogens (tertiary/aromatic N) is 4. The van der Waals surface area contributed by atoms with Crippen molar-refractivity contribution >= 4 is 35.1 Å². The zero-order valence-corrected chi connectivity index (χ0v) is 22.3. The van der Waals surface area contributed by atoms with Gasteiger partial charge in [-0.2, -0.15) is 18.3 Å². The summed E-state index contributed by atoms with van der Waals surface area (Å²) in [7, 11) is 0. The van der Waals surface area contributed by atoms with Crippen LogP contribution < -0.4 is 0 Å². The van der Waals surface area contributed by atoms with Gasteiger partial charge in [-0.15, -0.1) is 0 Å². The number of amides is 1. The number of carboxylic acid groups (broad SMARTS) is 1. The third kappa shape index (κ3) is 5.46. The molecule has 202 valence electrons. The molecule has 3 heterocycles. The van der Waals surface area contributed by atoms with Crippen molar-refractivity contribution in [2.24, 2.45) is 10.8 Å². The minimum atomic E-state index is -4.82. The van der Waals surface area contributed by atoms with Gasteiger partial charge >= 0.3 is 12.1 Å². The summed E-state index contributed by atoms with van der Waals surface area (Å²) in [6.45, 7) is 5.78. The molecule has 2 aromatic rings. The number of carbonyl (C=O) groups is 2. The Morgan fingerprint density at radius 1 is 1.11 bits per heavy atom. The van der Waals surface area contributed by atoms with E-state index in [-0.39, 0.29) is 44.1 Å². The number of hydrogen-bond acceptors (Lipinski definition) is 4. The number of hydrogen-bond donors (Lipinski definition) is 1. The molecule has 0 unspecified atom stereocenters. The molecular weight excluding hydrogens is 532 g/mol. The van der Waals surface area contributed by atoms with Gasteiger partial charge in [0.1, 0.15) is 0 Å². The van der Waals surface area contributed by atoms with Crippen molar-refractivity contribution < 1.29 is 27.9 Å². The molecule has 1 aliphatic carbocycles. The number of rotatable bonds is 5. The van der Waals surface area contributed by atoms with E-state index in [2.05, 4.69) is 10.1 Å². The van der Waals surface area contributed by atoms with Crippen LogP contribution in [0.15, 0.2) is 18.6 Å². The minimum absolute atomic E-state index is 0.222. The maximum Gasteiger partial charge on any atom is 0.433 e. The lowest BCUT2D eigenvalue weighted by Gasteiger charge is -2.34. The quantitative estimate of drug-likeness (QED) is 0.464. The highest BCUT2D eigenvalue weighted by molar-refractivity contribution is 6.35. The predicted octanol–water partition coefficient (Wildman–Crippen LogP) is 6.29. The van der Waals surface area contributed by atoms with Crippen molar-refractivity contribution in [3.8, 4) is 0 Å². The maximum atomic E-state index is 14.4. The smallest absolute Gasteiger partial charge is 0.433 e. The third-order valence-electron chi connectivity index (χ3n) is 7.70. The van der Waals surface area contributed by atoms with Gasteiger partial charge in [-0.25, -0.2) is 0 Å². The van der Waals surface area contributed by atoms with Crippen molar-refractivity contribution in [1.82, 2.24) is 19.7 Å². The fraction of sp³-hybridized carbons (Fsp3) is 0.600. The van der Waals surface area contributed by atoms with E-state index in [9.17, 15) is 27.9 Å². The van der Waals surface area contributed by atoms with Crippen LogP contribution >= 0.6 is 23.2 Å². The molecule has 0 spiro atoms. The monoisotopic (exact) mass is 560 g/mol. The van der Waals surface area contributed by atoms with Crippen LogP contribution in [-0.2, 0) is 17.4 Å². The molecule has 2 aromatic heterocycles. The van der Waals surface area contributed by atoms with Crippen molar-refractivity contribution in [1.29, 1.82) is 0 Å². The number of aromatic nitrogens is 3. The summed E-state index contributed by atoms with van der Waals surface area (Å²) in [5.74, 6) is -1.71. The maximum absolute atomic E-state index is 14.4. The number of aliphatic carboxylic acids is 1. The Kier molecular flexibility index (Phi) is 7.31. The second-order valence-corrected chi connectivity index (χ2v) is 12.0. The molecule has 2 aliphatic rings. The first kappa shape index (κ1) is 27.7. The Hall–Kier alpha value is -2.33. The minimum Gasteiger partial charge on any atom is -0.481 e. The van der Waals surface area contributed by atoms with E-state index in [1.807, 2.05) is 13.8 Å². The van der Waals surface area contributed by atoms with Crippen molar-refractivity contribution in [3.63, 3.8) is 0 Å². The van der Waals surface area contributed by atoms with Crippen LogP contribution in [0.5, 0.6) is 0 Å². The summed E-state index contributed by atoms with van der Waals surface area (Å²) >= 11 is 12.6. The van der Waals surface area contributed by atoms with Crippen LogP contribution in [-0.4, -0.2) is 49.2 Å². The van der Waals surface area contributed by atoms with Crippen LogP contribution in [0.3, 0.4) is 0 Å². The van der Waals surface area contributed by atoms with Gasteiger partial charge in [0.05, 0.1) is 33.3 Å². The number of carboxylic acids is 1. The van der Waals surface area contributed by atoms with E-state index >= 15 is 0 Å². The van der Waals surface area contributed by atoms with Crippen molar-refractivity contribution in [3.05, 3.63) is 45.5 Å². The lowest BCUT2D eigenvalue weighted by molar-refractivity contribution is -0.152. The highest BCUT2D eigenvalue weighted by Gasteiger charge is 2.47. The molecular formula is C25H29Cl2F3N4O3. The van der Waals surface area contributed by atoms with Crippen LogP contribution in [0.2, 0.25) is 10.0 Å². The Morgan fingerprint density at radius 2 is 1.70 bits per heavy atom. The average Bonchev–Trinajstić information content (AvgIpc) is 3.37. The molecule has 2 fully saturated rings. The Labute approximate surface area is 222 Å². The van der Waals surface area contributed by atoms with E-state index in [0.717, 1.165) is 10.9 Å². The molecule has 7 nitrogen and oxygen atoms in total. The van der Waals surface area contributed by atoms with Crippen molar-refractivity contribution in [2.45, 2.75) is 77.6 Å². The summed E-state index contributed by atoms with van der Waals surface area (Å²) < 4.78 is 44.0. The molecule has 1 saturated carbocycles. The standard InChI is InChI=1S/C25H29Cl2F3N4O3/c1-23(2)9-15(8-16-18(26)11-31-12-19(16)27)33(13-23)21(35)17-10-32-34(20(17)25(28,29)30)14-4-6-24(3,7-5-14)22(36)37/h10-12,14-15H,4-9,13H2,1-3H3,(H,36,37)/t14-,15-,24-/m0/s1. The summed E-state index contributed by atoms with van der Waals surface area (Å²) in [5, 5.41) is 14.2. The van der Waals surface area contributed by atoms with E-state index in [4.69, 9.17) is 23.2 Å². The molecule has 0 radical (unpaired) electrons. The van der Waals surface area contributed by atoms with Crippen LogP contribution in [0.4, 0.5) is 13.2 Å². The van der Waals surface area contributed by atoms with E-state index in [0.29, 0.717) is 22.0 Å². The zero-order chi connectivity index (χ0) is 27.3. The lowest BCUT2D eigenvalue weighted by Crippen LogP contribution is -2.39. The van der Waals surface area contributed by atoms with Crippen molar-refractivity contribution in [2.75, 3.05) is 6.54 Å². The molecule has 1 saturated heterocycles. The molecule has 0 bridgehead atoms. The number of likely N-dealkylation sites (tertiary alicyclic amines) is 1. The largest absolute Gasteiger partial charge is 0.481 e. The molecule has 1 atom stereocenters. The Bertz CT molecular complexity index is 1190. The molecule has 0 aromatic carbocycles. The summed E-state index contributed by atoms with van der Waals surface area (Å²) in [6, 6.07) is -1.07. The van der Waals surface area contributed by atoms with E-state index in [1.165, 1.54) is 17.3 Å². The fourth-order valence-electron chi connectivity index (χ4n) is 5.62. The summed E-state index contributed by atoms with van der Waals surface area (Å²) in [4.78, 5) is 30.7. The first-order chi connectivity index (χ1) is 17.1.